The van der Waals surface area contributed by atoms with Crippen LogP contribution in [0.2, 0.25) is 0 Å². The first-order chi connectivity index (χ1) is 13.5. The van der Waals surface area contributed by atoms with Gasteiger partial charge >= 0.3 is 0 Å². The Balaban J connectivity index is 1.86. The van der Waals surface area contributed by atoms with E-state index in [1.54, 1.807) is 16.7 Å². The van der Waals surface area contributed by atoms with E-state index in [0.717, 1.165) is 12.8 Å². The second-order valence-electron chi connectivity index (χ2n) is 7.93. The number of hydrogen-bond donors (Lipinski definition) is 2. The van der Waals surface area contributed by atoms with Gasteiger partial charge in [0.2, 0.25) is 11.8 Å². The average Bonchev–Trinajstić information content (AvgIpc) is 3.49. The predicted octanol–water partition coefficient (Wildman–Crippen LogP) is 0.918. The zero-order valence-electron chi connectivity index (χ0n) is 16.3. The van der Waals surface area contributed by atoms with Gasteiger partial charge in [0.15, 0.2) is 0 Å². The summed E-state index contributed by atoms with van der Waals surface area (Å²) in [6.07, 6.45) is 5.33. The SMILES string of the molecule is C/C=C\c1ccc2n(c1=O)C[C@H]1[C@H](CO)[C@@H](C(=O)NCC)[C@@H]2N1C(=O)C1CC1. The van der Waals surface area contributed by atoms with Crippen LogP contribution in [0.3, 0.4) is 0 Å². The molecule has 7 heteroatoms. The largest absolute Gasteiger partial charge is 0.396 e. The Morgan fingerprint density at radius 1 is 1.32 bits per heavy atom. The number of amides is 2. The Bertz CT molecular complexity index is 886. The first kappa shape index (κ1) is 18.9. The first-order valence-electron chi connectivity index (χ1n) is 10.1. The summed E-state index contributed by atoms with van der Waals surface area (Å²) in [5.41, 5.74) is 1.16. The zero-order chi connectivity index (χ0) is 20.0. The lowest BCUT2D eigenvalue weighted by atomic mass is 9.86. The Kier molecular flexibility index (Phi) is 4.87. The van der Waals surface area contributed by atoms with Crippen LogP contribution in [0.1, 0.15) is 44.0 Å². The van der Waals surface area contributed by atoms with E-state index in [4.69, 9.17) is 0 Å². The Labute approximate surface area is 164 Å². The van der Waals surface area contributed by atoms with Crippen LogP contribution in [0.5, 0.6) is 0 Å². The van der Waals surface area contributed by atoms with Crippen LogP contribution in [0.15, 0.2) is 23.0 Å². The summed E-state index contributed by atoms with van der Waals surface area (Å²) in [6, 6.07) is 2.76. The molecule has 0 radical (unpaired) electrons. The van der Waals surface area contributed by atoms with Crippen LogP contribution in [0, 0.1) is 17.8 Å². The highest BCUT2D eigenvalue weighted by atomic mass is 16.3. The molecular weight excluding hydrogens is 358 g/mol. The van der Waals surface area contributed by atoms with Gasteiger partial charge < -0.3 is 19.9 Å². The molecule has 2 N–H and O–H groups in total. The molecule has 2 aliphatic heterocycles. The normalized spacial score (nSPS) is 28.5. The van der Waals surface area contributed by atoms with Crippen molar-refractivity contribution in [2.45, 2.75) is 45.3 Å². The molecule has 4 atom stereocenters. The van der Waals surface area contributed by atoms with Crippen LogP contribution in [0.25, 0.3) is 6.08 Å². The van der Waals surface area contributed by atoms with Gasteiger partial charge in [-0.2, -0.15) is 0 Å². The van der Waals surface area contributed by atoms with E-state index in [-0.39, 0.29) is 41.9 Å². The van der Waals surface area contributed by atoms with Gasteiger partial charge in [-0.15, -0.1) is 0 Å². The number of pyridine rings is 1. The summed E-state index contributed by atoms with van der Waals surface area (Å²) in [5, 5.41) is 13.0. The van der Waals surface area contributed by atoms with E-state index in [9.17, 15) is 19.5 Å². The molecule has 4 rings (SSSR count). The van der Waals surface area contributed by atoms with Crippen molar-refractivity contribution in [1.29, 1.82) is 0 Å². The summed E-state index contributed by atoms with van der Waals surface area (Å²) >= 11 is 0. The van der Waals surface area contributed by atoms with Crippen molar-refractivity contribution >= 4 is 17.9 Å². The monoisotopic (exact) mass is 385 g/mol. The van der Waals surface area contributed by atoms with E-state index in [1.807, 2.05) is 30.9 Å². The lowest BCUT2D eigenvalue weighted by Crippen LogP contribution is -2.49. The maximum absolute atomic E-state index is 13.1. The van der Waals surface area contributed by atoms with Gasteiger partial charge in [0.05, 0.1) is 18.0 Å². The minimum Gasteiger partial charge on any atom is -0.396 e. The molecular formula is C21H27N3O4. The minimum atomic E-state index is -0.557. The molecule has 3 aliphatic rings. The topological polar surface area (TPSA) is 91.6 Å². The smallest absolute Gasteiger partial charge is 0.258 e. The summed E-state index contributed by atoms with van der Waals surface area (Å²) in [6.45, 7) is 4.31. The standard InChI is InChI=1S/C21H27N3O4/c1-3-5-12-8-9-15-18-17(19(26)22-4-2)14(11-25)16(10-23(15)20(12)27)24(18)21(28)13-6-7-13/h3,5,8-9,13-14,16-18,25H,4,6-7,10-11H2,1-2H3,(H,22,26)/b5-3-/t14-,16-,17+,18+/m0/s1. The van der Waals surface area contributed by atoms with Gasteiger partial charge in [-0.05, 0) is 38.8 Å². The number of hydrogen-bond acceptors (Lipinski definition) is 4. The molecule has 28 heavy (non-hydrogen) atoms. The molecule has 1 aromatic heterocycles. The number of aromatic nitrogens is 1. The van der Waals surface area contributed by atoms with E-state index in [1.165, 1.54) is 0 Å². The molecule has 1 saturated heterocycles. The van der Waals surface area contributed by atoms with Crippen LogP contribution < -0.4 is 10.9 Å². The highest BCUT2D eigenvalue weighted by molar-refractivity contribution is 5.86. The van der Waals surface area contributed by atoms with Crippen molar-refractivity contribution in [3.63, 3.8) is 0 Å². The maximum Gasteiger partial charge on any atom is 0.258 e. The Hall–Kier alpha value is -2.41. The molecule has 0 aromatic carbocycles. The van der Waals surface area contributed by atoms with Gasteiger partial charge in [0.25, 0.3) is 5.56 Å². The number of nitrogens with zero attached hydrogens (tertiary/aromatic N) is 2. The van der Waals surface area contributed by atoms with Gasteiger partial charge in [-0.25, -0.2) is 0 Å². The van der Waals surface area contributed by atoms with Crippen LogP contribution in [-0.2, 0) is 16.1 Å². The van der Waals surface area contributed by atoms with E-state index >= 15 is 0 Å². The van der Waals surface area contributed by atoms with Crippen molar-refractivity contribution in [2.24, 2.45) is 17.8 Å². The van der Waals surface area contributed by atoms with E-state index < -0.39 is 12.0 Å². The third-order valence-electron chi connectivity index (χ3n) is 6.25. The second-order valence-corrected chi connectivity index (χ2v) is 7.93. The molecule has 2 bridgehead atoms. The molecule has 1 aromatic rings. The van der Waals surface area contributed by atoms with Gasteiger partial charge in [-0.3, -0.25) is 14.4 Å². The molecule has 0 spiro atoms. The summed E-state index contributed by atoms with van der Waals surface area (Å²) in [4.78, 5) is 40.8. The number of carbonyl (C=O) groups is 2. The summed E-state index contributed by atoms with van der Waals surface area (Å²) in [5.74, 6) is -1.04. The number of aliphatic hydroxyl groups excluding tert-OH is 1. The van der Waals surface area contributed by atoms with Gasteiger partial charge in [0, 0.05) is 42.8 Å². The van der Waals surface area contributed by atoms with Crippen LogP contribution in [0.4, 0.5) is 0 Å². The van der Waals surface area contributed by atoms with E-state index in [2.05, 4.69) is 5.32 Å². The van der Waals surface area contributed by atoms with Crippen molar-refractivity contribution < 1.29 is 14.7 Å². The number of carbonyl (C=O) groups excluding carboxylic acids is 2. The molecule has 0 unspecified atom stereocenters. The lowest BCUT2D eigenvalue weighted by Gasteiger charge is -2.38. The average molecular weight is 385 g/mol. The summed E-state index contributed by atoms with van der Waals surface area (Å²) in [7, 11) is 0. The first-order valence-corrected chi connectivity index (χ1v) is 10.1. The quantitative estimate of drug-likeness (QED) is 0.788. The van der Waals surface area contributed by atoms with Crippen LogP contribution in [-0.4, -0.2) is 45.6 Å². The van der Waals surface area contributed by atoms with E-state index in [0.29, 0.717) is 24.3 Å². The minimum absolute atomic E-state index is 0.0119. The molecule has 1 aliphatic carbocycles. The lowest BCUT2D eigenvalue weighted by molar-refractivity contribution is -0.138. The molecule has 3 heterocycles. The second kappa shape index (κ2) is 7.20. The third kappa shape index (κ3) is 2.80. The Morgan fingerprint density at radius 3 is 2.68 bits per heavy atom. The maximum atomic E-state index is 13.1. The molecule has 1 saturated carbocycles. The number of nitrogens with one attached hydrogen (secondary N) is 1. The predicted molar refractivity (Wildman–Crippen MR) is 104 cm³/mol. The highest BCUT2D eigenvalue weighted by Gasteiger charge is 2.58. The van der Waals surface area contributed by atoms with Crippen molar-refractivity contribution in [1.82, 2.24) is 14.8 Å². The highest BCUT2D eigenvalue weighted by Crippen LogP contribution is 2.50. The number of allylic oxidation sites excluding steroid dienone is 1. The number of rotatable bonds is 5. The summed E-state index contributed by atoms with van der Waals surface area (Å²) < 4.78 is 1.70. The van der Waals surface area contributed by atoms with Crippen LogP contribution >= 0.6 is 0 Å². The zero-order valence-corrected chi connectivity index (χ0v) is 16.3. The molecule has 7 nitrogen and oxygen atoms in total. The molecule has 150 valence electrons. The fourth-order valence-corrected chi connectivity index (χ4v) is 4.87. The van der Waals surface area contributed by atoms with Crippen molar-refractivity contribution in [2.75, 3.05) is 13.2 Å². The third-order valence-corrected chi connectivity index (χ3v) is 6.25. The fraction of sp³-hybridized carbons (Fsp3) is 0.571. The number of aliphatic hydroxyl groups is 1. The fourth-order valence-electron chi connectivity index (χ4n) is 4.87. The molecule has 2 amide bonds. The van der Waals surface area contributed by atoms with Crippen molar-refractivity contribution in [3.05, 3.63) is 39.8 Å². The Morgan fingerprint density at radius 2 is 2.07 bits per heavy atom. The van der Waals surface area contributed by atoms with Gasteiger partial charge in [-0.1, -0.05) is 12.2 Å². The van der Waals surface area contributed by atoms with Crippen molar-refractivity contribution in [3.8, 4) is 0 Å². The molecule has 2 fully saturated rings. The van der Waals surface area contributed by atoms with Gasteiger partial charge in [0.1, 0.15) is 0 Å². The number of fused-ring (bicyclic) bond motifs is 4.